The molecule has 0 saturated heterocycles. The summed E-state index contributed by atoms with van der Waals surface area (Å²) < 4.78 is 17.3. The minimum Gasteiger partial charge on any atom is -0.544 e. The van der Waals surface area contributed by atoms with E-state index in [9.17, 15) is 19.5 Å². The second kappa shape index (κ2) is 44.0. The highest BCUT2D eigenvalue weighted by molar-refractivity contribution is 5.70. The molecule has 0 amide bonds. The predicted molar refractivity (Wildman–Crippen MR) is 250 cm³/mol. The van der Waals surface area contributed by atoms with Gasteiger partial charge in [-0.05, 0) is 12.8 Å². The van der Waals surface area contributed by atoms with Gasteiger partial charge in [-0.2, -0.15) is 0 Å². The summed E-state index contributed by atoms with van der Waals surface area (Å²) in [6.45, 7) is 4.72. The number of hydrogen-bond acceptors (Lipinski definition) is 7. The first-order valence-corrected chi connectivity index (χ1v) is 26.1. The fraction of sp³-hybridized carbons (Fsp3) is 0.942. The summed E-state index contributed by atoms with van der Waals surface area (Å²) in [6.07, 6.45) is 47.0. The van der Waals surface area contributed by atoms with E-state index in [-0.39, 0.29) is 42.7 Å². The quantitative estimate of drug-likeness (QED) is 0.0341. The molecule has 0 bridgehead atoms. The topological polar surface area (TPSA) is 102 Å². The van der Waals surface area contributed by atoms with Gasteiger partial charge < -0.3 is 28.6 Å². The third kappa shape index (κ3) is 41.7. The van der Waals surface area contributed by atoms with E-state index in [1.807, 2.05) is 21.1 Å². The van der Waals surface area contributed by atoms with Crippen LogP contribution in [-0.2, 0) is 28.6 Å². The van der Waals surface area contributed by atoms with E-state index in [0.29, 0.717) is 12.8 Å². The number of ether oxygens (including phenoxy) is 3. The van der Waals surface area contributed by atoms with Gasteiger partial charge in [-0.25, -0.2) is 0 Å². The molecule has 8 heteroatoms. The molecular weight excluding hydrogens is 751 g/mol. The molecule has 0 aliphatic rings. The molecule has 2 unspecified atom stereocenters. The molecule has 356 valence electrons. The monoisotopic (exact) mass is 852 g/mol. The predicted octanol–water partition coefficient (Wildman–Crippen LogP) is 13.5. The van der Waals surface area contributed by atoms with Gasteiger partial charge in [0.15, 0.2) is 6.10 Å². The molecule has 0 aliphatic heterocycles. The lowest BCUT2D eigenvalue weighted by atomic mass is 10.0. The SMILES string of the molecule is CCCCCCCCCCCCCCCCCCCCCCCCC(=O)OCC(COCCC(C(=O)[O-])[N+](C)(C)C)OC(=O)CCCCCCCCCCCCCCCC. The highest BCUT2D eigenvalue weighted by Gasteiger charge is 2.25. The van der Waals surface area contributed by atoms with Gasteiger partial charge in [-0.15, -0.1) is 0 Å². The van der Waals surface area contributed by atoms with Gasteiger partial charge in [-0.1, -0.05) is 232 Å². The van der Waals surface area contributed by atoms with E-state index in [1.54, 1.807) is 0 Å². The molecule has 8 nitrogen and oxygen atoms in total. The zero-order valence-electron chi connectivity index (χ0n) is 40.7. The van der Waals surface area contributed by atoms with Gasteiger partial charge in [0.2, 0.25) is 0 Å². The number of esters is 2. The number of quaternary nitrogens is 1. The maximum atomic E-state index is 12.8. The minimum atomic E-state index is -1.12. The van der Waals surface area contributed by atoms with Crippen LogP contribution in [0.4, 0.5) is 0 Å². The van der Waals surface area contributed by atoms with Crippen molar-refractivity contribution in [1.29, 1.82) is 0 Å². The van der Waals surface area contributed by atoms with E-state index in [4.69, 9.17) is 14.2 Å². The van der Waals surface area contributed by atoms with Gasteiger partial charge in [0.05, 0.1) is 40.3 Å². The van der Waals surface area contributed by atoms with Crippen LogP contribution in [0.5, 0.6) is 0 Å². The Labute approximate surface area is 372 Å². The van der Waals surface area contributed by atoms with Crippen LogP contribution in [0, 0.1) is 0 Å². The summed E-state index contributed by atoms with van der Waals surface area (Å²) in [7, 11) is 5.43. The van der Waals surface area contributed by atoms with E-state index in [2.05, 4.69) is 13.8 Å². The summed E-state index contributed by atoms with van der Waals surface area (Å²) in [5, 5.41) is 11.6. The smallest absolute Gasteiger partial charge is 0.306 e. The van der Waals surface area contributed by atoms with Crippen LogP contribution in [0.25, 0.3) is 0 Å². The Morgan fingerprint density at radius 1 is 0.433 bits per heavy atom. The maximum Gasteiger partial charge on any atom is 0.306 e. The number of hydrogen-bond donors (Lipinski definition) is 0. The Morgan fingerprint density at radius 3 is 1.03 bits per heavy atom. The van der Waals surface area contributed by atoms with E-state index < -0.39 is 18.1 Å². The van der Waals surface area contributed by atoms with Gasteiger partial charge >= 0.3 is 11.9 Å². The molecule has 0 spiro atoms. The second-order valence-electron chi connectivity index (χ2n) is 19.1. The zero-order valence-corrected chi connectivity index (χ0v) is 40.7. The Morgan fingerprint density at radius 2 is 0.733 bits per heavy atom. The average Bonchev–Trinajstić information content (AvgIpc) is 3.21. The number of carboxylic acid groups (broad SMARTS) is 1. The van der Waals surface area contributed by atoms with Crippen LogP contribution in [0.1, 0.15) is 264 Å². The van der Waals surface area contributed by atoms with Crippen molar-refractivity contribution in [1.82, 2.24) is 0 Å². The number of aliphatic carboxylic acids is 1. The third-order valence-electron chi connectivity index (χ3n) is 12.2. The van der Waals surface area contributed by atoms with Crippen LogP contribution in [0.15, 0.2) is 0 Å². The van der Waals surface area contributed by atoms with Crippen LogP contribution in [0.3, 0.4) is 0 Å². The number of carboxylic acids is 1. The summed E-state index contributed by atoms with van der Waals surface area (Å²) in [6, 6.07) is -0.720. The highest BCUT2D eigenvalue weighted by Crippen LogP contribution is 2.17. The van der Waals surface area contributed by atoms with Gasteiger partial charge in [0.1, 0.15) is 12.6 Å². The van der Waals surface area contributed by atoms with Crippen LogP contribution in [0.2, 0.25) is 0 Å². The van der Waals surface area contributed by atoms with Gasteiger partial charge in [0.25, 0.3) is 0 Å². The van der Waals surface area contributed by atoms with E-state index >= 15 is 0 Å². The second-order valence-corrected chi connectivity index (χ2v) is 19.1. The minimum absolute atomic E-state index is 0.0497. The van der Waals surface area contributed by atoms with Crippen LogP contribution >= 0.6 is 0 Å². The first kappa shape index (κ1) is 58.3. The molecule has 2 atom stereocenters. The van der Waals surface area contributed by atoms with Crippen LogP contribution < -0.4 is 5.11 Å². The lowest BCUT2D eigenvalue weighted by Crippen LogP contribution is -2.55. The lowest BCUT2D eigenvalue weighted by molar-refractivity contribution is -0.889. The van der Waals surface area contributed by atoms with Crippen molar-refractivity contribution in [2.75, 3.05) is 41.0 Å². The molecule has 0 aliphatic carbocycles. The van der Waals surface area contributed by atoms with Gasteiger partial charge in [-0.3, -0.25) is 9.59 Å². The Hall–Kier alpha value is -1.67. The fourth-order valence-electron chi connectivity index (χ4n) is 8.19. The molecule has 0 aromatic carbocycles. The molecule has 0 fully saturated rings. The number of unbranched alkanes of at least 4 members (excludes halogenated alkanes) is 34. The van der Waals surface area contributed by atoms with Crippen molar-refractivity contribution >= 4 is 17.9 Å². The largest absolute Gasteiger partial charge is 0.544 e. The van der Waals surface area contributed by atoms with Crippen molar-refractivity contribution in [3.63, 3.8) is 0 Å². The molecule has 0 aromatic heterocycles. The van der Waals surface area contributed by atoms with Crippen molar-refractivity contribution in [3.05, 3.63) is 0 Å². The van der Waals surface area contributed by atoms with E-state index in [0.717, 1.165) is 38.5 Å². The maximum absolute atomic E-state index is 12.8. The zero-order chi connectivity index (χ0) is 44.2. The standard InChI is InChI=1S/C52H101NO7/c1-6-8-10-12-14-16-18-20-22-23-24-25-26-27-28-29-31-32-34-36-38-40-42-50(54)59-47-48(46-58-45-44-49(52(56)57)53(3,4)5)60-51(55)43-41-39-37-35-33-30-21-19-17-15-13-11-9-7-2/h48-49H,6-47H2,1-5H3. The molecule has 0 rings (SSSR count). The average molecular weight is 852 g/mol. The summed E-state index contributed by atoms with van der Waals surface area (Å²) in [5.74, 6) is -1.71. The Kier molecular flexibility index (Phi) is 42.7. The Bertz CT molecular complexity index is 951. The van der Waals surface area contributed by atoms with Crippen molar-refractivity contribution in [3.8, 4) is 0 Å². The number of rotatable bonds is 48. The molecule has 0 N–H and O–H groups in total. The normalized spacial score (nSPS) is 12.8. The van der Waals surface area contributed by atoms with Crippen molar-refractivity contribution in [2.45, 2.75) is 276 Å². The number of nitrogens with zero attached hydrogens (tertiary/aromatic N) is 1. The lowest BCUT2D eigenvalue weighted by Gasteiger charge is -2.34. The highest BCUT2D eigenvalue weighted by atomic mass is 16.6. The summed E-state index contributed by atoms with van der Waals surface area (Å²) in [5.41, 5.74) is 0. The Balaban J connectivity index is 4.13. The summed E-state index contributed by atoms with van der Waals surface area (Å²) >= 11 is 0. The molecule has 60 heavy (non-hydrogen) atoms. The number of carbonyl (C=O) groups excluding carboxylic acids is 3. The fourth-order valence-corrected chi connectivity index (χ4v) is 8.19. The molecule has 0 radical (unpaired) electrons. The summed E-state index contributed by atoms with van der Waals surface area (Å²) in [4.78, 5) is 37.0. The molecule has 0 heterocycles. The van der Waals surface area contributed by atoms with Crippen LogP contribution in [-0.4, -0.2) is 75.5 Å². The first-order chi connectivity index (χ1) is 29.1. The van der Waals surface area contributed by atoms with Crippen molar-refractivity contribution in [2.24, 2.45) is 0 Å². The third-order valence-corrected chi connectivity index (χ3v) is 12.2. The number of likely N-dealkylation sites (N-methyl/N-ethyl adjacent to an activating group) is 1. The first-order valence-electron chi connectivity index (χ1n) is 26.1. The molecule has 0 aromatic rings. The molecule has 0 saturated carbocycles. The van der Waals surface area contributed by atoms with Crippen molar-refractivity contribution < 1.29 is 38.2 Å². The van der Waals surface area contributed by atoms with E-state index in [1.165, 1.54) is 193 Å². The molecular formula is C52H101NO7. The number of carbonyl (C=O) groups is 3. The van der Waals surface area contributed by atoms with Gasteiger partial charge in [0, 0.05) is 19.3 Å².